The number of ether oxygens (including phenoxy) is 1. The van der Waals surface area contributed by atoms with E-state index in [1.807, 2.05) is 30.5 Å². The van der Waals surface area contributed by atoms with E-state index in [9.17, 15) is 9.59 Å². The third-order valence-electron chi connectivity index (χ3n) is 4.82. The number of nitrogens with zero attached hydrogens (tertiary/aromatic N) is 4. The minimum absolute atomic E-state index is 0.118. The summed E-state index contributed by atoms with van der Waals surface area (Å²) in [5.41, 5.74) is 3.06. The number of fused-ring (bicyclic) bond motifs is 3. The summed E-state index contributed by atoms with van der Waals surface area (Å²) in [6.45, 7) is 2.37. The maximum absolute atomic E-state index is 12.2. The smallest absolute Gasteiger partial charge is 0.325 e. The number of methoxy groups -OCH3 is 1. The number of amides is 2. The van der Waals surface area contributed by atoms with Gasteiger partial charge in [0.1, 0.15) is 6.54 Å². The van der Waals surface area contributed by atoms with E-state index in [-0.39, 0.29) is 12.6 Å². The molecule has 3 aromatic rings. The molecule has 1 fully saturated rings. The van der Waals surface area contributed by atoms with Crippen LogP contribution in [0, 0.1) is 0 Å². The molecule has 2 amide bonds. The number of aromatic nitrogens is 2. The summed E-state index contributed by atoms with van der Waals surface area (Å²) in [4.78, 5) is 32.1. The van der Waals surface area contributed by atoms with Crippen LogP contribution >= 0.6 is 0 Å². The average Bonchev–Trinajstić information content (AvgIpc) is 3.21. The highest BCUT2D eigenvalue weighted by Gasteiger charge is 2.24. The predicted molar refractivity (Wildman–Crippen MR) is 102 cm³/mol. The molecule has 0 aliphatic carbocycles. The van der Waals surface area contributed by atoms with Gasteiger partial charge in [0, 0.05) is 32.4 Å². The summed E-state index contributed by atoms with van der Waals surface area (Å²) in [5.74, 6) is 0.464. The van der Waals surface area contributed by atoms with Crippen molar-refractivity contribution in [2.45, 2.75) is 0 Å². The predicted octanol–water partition coefficient (Wildman–Crippen LogP) is 1.49. The van der Waals surface area contributed by atoms with E-state index >= 15 is 0 Å². The number of nitrogens with one attached hydrogen (secondary N) is 1. The van der Waals surface area contributed by atoms with Gasteiger partial charge in [-0.25, -0.2) is 9.78 Å². The zero-order valence-corrected chi connectivity index (χ0v) is 15.1. The van der Waals surface area contributed by atoms with Crippen molar-refractivity contribution in [1.29, 1.82) is 0 Å². The Hall–Kier alpha value is -3.29. The summed E-state index contributed by atoms with van der Waals surface area (Å²) in [6, 6.07) is 11.9. The van der Waals surface area contributed by atoms with Crippen molar-refractivity contribution < 1.29 is 14.3 Å². The zero-order valence-electron chi connectivity index (χ0n) is 15.1. The van der Waals surface area contributed by atoms with Crippen LogP contribution in [0.15, 0.2) is 42.6 Å². The molecule has 1 aliphatic heterocycles. The Morgan fingerprint density at radius 1 is 1.07 bits per heavy atom. The van der Waals surface area contributed by atoms with Gasteiger partial charge in [-0.15, -0.1) is 0 Å². The first-order chi connectivity index (χ1) is 13.2. The van der Waals surface area contributed by atoms with Crippen LogP contribution in [0.5, 0.6) is 0 Å². The Kier molecular flexibility index (Phi) is 4.53. The topological polar surface area (TPSA) is 79.2 Å². The fourth-order valence-electron chi connectivity index (χ4n) is 3.39. The molecule has 1 saturated heterocycles. The van der Waals surface area contributed by atoms with Crippen LogP contribution in [0.4, 0.5) is 10.6 Å². The van der Waals surface area contributed by atoms with Crippen molar-refractivity contribution in [3.05, 3.63) is 42.6 Å². The molecular weight excluding hydrogens is 346 g/mol. The summed E-state index contributed by atoms with van der Waals surface area (Å²) in [5, 5.41) is 2.58. The molecule has 140 valence electrons. The number of hydrogen-bond donors (Lipinski definition) is 1. The lowest BCUT2D eigenvalue weighted by atomic mass is 10.2. The van der Waals surface area contributed by atoms with E-state index in [1.165, 1.54) is 7.11 Å². The Morgan fingerprint density at radius 3 is 2.59 bits per heavy atom. The van der Waals surface area contributed by atoms with Crippen molar-refractivity contribution in [3.8, 4) is 0 Å². The molecule has 2 aromatic heterocycles. The van der Waals surface area contributed by atoms with Gasteiger partial charge in [-0.3, -0.25) is 4.79 Å². The van der Waals surface area contributed by atoms with E-state index in [4.69, 9.17) is 4.98 Å². The molecule has 3 heterocycles. The maximum atomic E-state index is 12.2. The molecule has 0 unspecified atom stereocenters. The number of piperazine rings is 1. The van der Waals surface area contributed by atoms with E-state index in [2.05, 4.69) is 31.5 Å². The largest absolute Gasteiger partial charge is 0.468 e. The fourth-order valence-corrected chi connectivity index (χ4v) is 3.39. The number of esters is 1. The first kappa shape index (κ1) is 17.1. The number of carbonyl (C=O) groups is 2. The van der Waals surface area contributed by atoms with Crippen molar-refractivity contribution in [3.63, 3.8) is 0 Å². The van der Waals surface area contributed by atoms with Crippen LogP contribution in [-0.2, 0) is 9.53 Å². The van der Waals surface area contributed by atoms with Gasteiger partial charge in [0.15, 0.2) is 5.82 Å². The summed E-state index contributed by atoms with van der Waals surface area (Å²) >= 11 is 0. The van der Waals surface area contributed by atoms with Crippen molar-refractivity contribution in [2.24, 2.45) is 0 Å². The van der Waals surface area contributed by atoms with Crippen molar-refractivity contribution in [1.82, 2.24) is 19.6 Å². The minimum atomic E-state index is -0.460. The number of rotatable bonds is 3. The maximum Gasteiger partial charge on any atom is 0.325 e. The molecule has 0 saturated carbocycles. The lowest BCUT2D eigenvalue weighted by molar-refractivity contribution is -0.139. The molecule has 0 radical (unpaired) electrons. The van der Waals surface area contributed by atoms with Crippen LogP contribution in [0.3, 0.4) is 0 Å². The minimum Gasteiger partial charge on any atom is -0.468 e. The van der Waals surface area contributed by atoms with E-state index in [0.29, 0.717) is 26.2 Å². The lowest BCUT2D eigenvalue weighted by Gasteiger charge is -2.35. The highest BCUT2D eigenvalue weighted by atomic mass is 16.5. The molecule has 0 atom stereocenters. The molecular formula is C19H21N5O3. The lowest BCUT2D eigenvalue weighted by Crippen LogP contribution is -2.52. The third kappa shape index (κ3) is 3.25. The van der Waals surface area contributed by atoms with E-state index in [0.717, 1.165) is 22.4 Å². The van der Waals surface area contributed by atoms with Crippen LogP contribution in [0.25, 0.3) is 16.6 Å². The highest BCUT2D eigenvalue weighted by Crippen LogP contribution is 2.26. The first-order valence-corrected chi connectivity index (χ1v) is 8.88. The number of para-hydroxylation sites is 2. The third-order valence-corrected chi connectivity index (χ3v) is 4.82. The van der Waals surface area contributed by atoms with Gasteiger partial charge in [0.05, 0.1) is 23.7 Å². The fraction of sp³-hybridized carbons (Fsp3) is 0.316. The highest BCUT2D eigenvalue weighted by molar-refractivity contribution is 5.85. The molecule has 1 N–H and O–H groups in total. The van der Waals surface area contributed by atoms with Gasteiger partial charge in [-0.05, 0) is 24.3 Å². The Morgan fingerprint density at radius 2 is 1.81 bits per heavy atom. The van der Waals surface area contributed by atoms with E-state index in [1.54, 1.807) is 4.90 Å². The van der Waals surface area contributed by atoms with Gasteiger partial charge in [0.2, 0.25) is 0 Å². The Bertz CT molecular complexity index is 991. The number of anilines is 1. The van der Waals surface area contributed by atoms with Gasteiger partial charge in [-0.2, -0.15) is 0 Å². The number of benzene rings is 1. The molecule has 8 nitrogen and oxygen atoms in total. The van der Waals surface area contributed by atoms with Gasteiger partial charge >= 0.3 is 12.0 Å². The molecule has 8 heteroatoms. The molecule has 0 bridgehead atoms. The monoisotopic (exact) mass is 367 g/mol. The molecule has 1 aliphatic rings. The standard InChI is InChI=1S/C19H21N5O3/c1-27-17(25)13-20-19(26)23-11-9-22(10-12-23)18-16-7-4-8-24(16)15-6-3-2-5-14(15)21-18/h2-8H,9-13H2,1H3,(H,20,26). The van der Waals surface area contributed by atoms with Crippen LogP contribution in [0.1, 0.15) is 0 Å². The summed E-state index contributed by atoms with van der Waals surface area (Å²) < 4.78 is 6.69. The molecule has 4 rings (SSSR count). The Balaban J connectivity index is 1.50. The SMILES string of the molecule is COC(=O)CNC(=O)N1CCN(c2nc3ccccc3n3cccc23)CC1. The van der Waals surface area contributed by atoms with Gasteiger partial charge in [0.25, 0.3) is 0 Å². The number of hydrogen-bond acceptors (Lipinski definition) is 5. The Labute approximate surface area is 156 Å². The second-order valence-corrected chi connectivity index (χ2v) is 6.40. The average molecular weight is 367 g/mol. The van der Waals surface area contributed by atoms with Gasteiger partial charge in [-0.1, -0.05) is 12.1 Å². The first-order valence-electron chi connectivity index (χ1n) is 8.88. The van der Waals surface area contributed by atoms with Crippen molar-refractivity contribution in [2.75, 3.05) is 44.7 Å². The zero-order chi connectivity index (χ0) is 18.8. The van der Waals surface area contributed by atoms with Crippen molar-refractivity contribution >= 4 is 34.4 Å². The second kappa shape index (κ2) is 7.14. The normalized spacial score (nSPS) is 14.6. The molecule has 1 aromatic carbocycles. The van der Waals surface area contributed by atoms with Crippen LogP contribution in [0.2, 0.25) is 0 Å². The molecule has 27 heavy (non-hydrogen) atoms. The van der Waals surface area contributed by atoms with Gasteiger partial charge < -0.3 is 24.3 Å². The number of urea groups is 1. The summed E-state index contributed by atoms with van der Waals surface area (Å²) in [7, 11) is 1.30. The second-order valence-electron chi connectivity index (χ2n) is 6.40. The number of carbonyl (C=O) groups excluding carboxylic acids is 2. The quantitative estimate of drug-likeness (QED) is 0.710. The van der Waals surface area contributed by atoms with Crippen LogP contribution < -0.4 is 10.2 Å². The van der Waals surface area contributed by atoms with Crippen LogP contribution in [-0.4, -0.2) is 66.1 Å². The van der Waals surface area contributed by atoms with E-state index < -0.39 is 5.97 Å². The molecule has 0 spiro atoms. The summed E-state index contributed by atoms with van der Waals surface area (Å²) in [6.07, 6.45) is 2.04.